The lowest BCUT2D eigenvalue weighted by Crippen LogP contribution is -2.30. The molecule has 1 atom stereocenters. The molecule has 1 heterocycles. The first-order valence-electron chi connectivity index (χ1n) is 6.32. The second-order valence-electron chi connectivity index (χ2n) is 4.57. The first-order chi connectivity index (χ1) is 9.11. The standard InChI is InChI=1S/C14H19N3O2/c1-10-16-13(14(19)17(10)2)9-11-3-5-12(6-4-11)15-7-8-18/h3-6,9-10,15-16,18H,7-8H2,1-2H3/b13-9-. The summed E-state index contributed by atoms with van der Waals surface area (Å²) in [6.45, 7) is 2.58. The molecule has 0 radical (unpaired) electrons. The zero-order valence-electron chi connectivity index (χ0n) is 11.2. The van der Waals surface area contributed by atoms with Crippen molar-refractivity contribution in [1.82, 2.24) is 10.2 Å². The zero-order chi connectivity index (χ0) is 13.8. The number of aliphatic hydroxyl groups is 1. The highest BCUT2D eigenvalue weighted by Gasteiger charge is 2.27. The SMILES string of the molecule is CC1N/C(=C\c2ccc(NCCO)cc2)C(=O)N1C. The van der Waals surface area contributed by atoms with Crippen molar-refractivity contribution < 1.29 is 9.90 Å². The van der Waals surface area contributed by atoms with Gasteiger partial charge in [-0.15, -0.1) is 0 Å². The van der Waals surface area contributed by atoms with Crippen molar-refractivity contribution in [3.8, 4) is 0 Å². The van der Waals surface area contributed by atoms with E-state index in [-0.39, 0.29) is 18.7 Å². The predicted octanol–water partition coefficient (Wildman–Crippen LogP) is 0.839. The van der Waals surface area contributed by atoms with Gasteiger partial charge in [-0.2, -0.15) is 0 Å². The van der Waals surface area contributed by atoms with Gasteiger partial charge in [0.1, 0.15) is 5.70 Å². The highest BCUT2D eigenvalue weighted by Crippen LogP contribution is 2.16. The van der Waals surface area contributed by atoms with Crippen LogP contribution in [0.2, 0.25) is 0 Å². The Balaban J connectivity index is 2.09. The molecular weight excluding hydrogens is 242 g/mol. The Hall–Kier alpha value is -2.01. The van der Waals surface area contributed by atoms with Crippen molar-refractivity contribution in [2.24, 2.45) is 0 Å². The fourth-order valence-electron chi connectivity index (χ4n) is 1.92. The second-order valence-corrected chi connectivity index (χ2v) is 4.57. The van der Waals surface area contributed by atoms with Gasteiger partial charge in [-0.1, -0.05) is 12.1 Å². The van der Waals surface area contributed by atoms with E-state index in [0.717, 1.165) is 11.3 Å². The molecule has 102 valence electrons. The Morgan fingerprint density at radius 2 is 2.11 bits per heavy atom. The number of nitrogens with one attached hydrogen (secondary N) is 2. The first-order valence-corrected chi connectivity index (χ1v) is 6.32. The molecule has 19 heavy (non-hydrogen) atoms. The van der Waals surface area contributed by atoms with E-state index in [1.807, 2.05) is 37.3 Å². The lowest BCUT2D eigenvalue weighted by Gasteiger charge is -2.12. The average Bonchev–Trinajstić information content (AvgIpc) is 2.66. The van der Waals surface area contributed by atoms with Crippen LogP contribution in [0.4, 0.5) is 5.69 Å². The average molecular weight is 261 g/mol. The molecule has 1 aliphatic heterocycles. The number of likely N-dealkylation sites (N-methyl/N-ethyl adjacent to an activating group) is 1. The molecule has 1 aliphatic rings. The largest absolute Gasteiger partial charge is 0.395 e. The van der Waals surface area contributed by atoms with E-state index in [2.05, 4.69) is 10.6 Å². The Kier molecular flexibility index (Phi) is 4.06. The van der Waals surface area contributed by atoms with Gasteiger partial charge in [-0.3, -0.25) is 4.79 Å². The van der Waals surface area contributed by atoms with Gasteiger partial charge in [-0.25, -0.2) is 0 Å². The van der Waals surface area contributed by atoms with Gasteiger partial charge in [0.15, 0.2) is 0 Å². The van der Waals surface area contributed by atoms with Gasteiger partial charge < -0.3 is 20.6 Å². The molecule has 0 saturated carbocycles. The van der Waals surface area contributed by atoms with Gasteiger partial charge in [0.2, 0.25) is 0 Å². The summed E-state index contributed by atoms with van der Waals surface area (Å²) in [4.78, 5) is 13.6. The Bertz CT molecular complexity index is 482. The quantitative estimate of drug-likeness (QED) is 0.703. The number of rotatable bonds is 4. The summed E-state index contributed by atoms with van der Waals surface area (Å²) in [5, 5.41) is 14.9. The number of hydrogen-bond acceptors (Lipinski definition) is 4. The van der Waals surface area contributed by atoms with Crippen LogP contribution in [0.25, 0.3) is 6.08 Å². The number of benzene rings is 1. The van der Waals surface area contributed by atoms with E-state index < -0.39 is 0 Å². The summed E-state index contributed by atoms with van der Waals surface area (Å²) < 4.78 is 0. The van der Waals surface area contributed by atoms with Gasteiger partial charge >= 0.3 is 0 Å². The maximum Gasteiger partial charge on any atom is 0.271 e. The molecular formula is C14H19N3O2. The maximum atomic E-state index is 11.9. The minimum atomic E-state index is 0.00924. The fraction of sp³-hybridized carbons (Fsp3) is 0.357. The summed E-state index contributed by atoms with van der Waals surface area (Å²) >= 11 is 0. The Morgan fingerprint density at radius 3 is 2.63 bits per heavy atom. The molecule has 0 aromatic heterocycles. The third kappa shape index (κ3) is 3.06. The number of anilines is 1. The molecule has 1 unspecified atom stereocenters. The van der Waals surface area contributed by atoms with E-state index in [9.17, 15) is 4.79 Å². The van der Waals surface area contributed by atoms with Crippen molar-refractivity contribution in [2.45, 2.75) is 13.1 Å². The van der Waals surface area contributed by atoms with Crippen LogP contribution in [-0.4, -0.2) is 42.3 Å². The molecule has 0 aliphatic carbocycles. The molecule has 1 aromatic rings. The van der Waals surface area contributed by atoms with Crippen LogP contribution in [0.1, 0.15) is 12.5 Å². The molecule has 2 rings (SSSR count). The molecule has 3 N–H and O–H groups in total. The summed E-state index contributed by atoms with van der Waals surface area (Å²) in [5.41, 5.74) is 2.53. The number of amides is 1. The molecule has 1 amide bonds. The molecule has 1 saturated heterocycles. The van der Waals surface area contributed by atoms with Gasteiger partial charge in [0.25, 0.3) is 5.91 Å². The van der Waals surface area contributed by atoms with Crippen LogP contribution in [0, 0.1) is 0 Å². The van der Waals surface area contributed by atoms with Crippen LogP contribution >= 0.6 is 0 Å². The molecule has 1 fully saturated rings. The maximum absolute atomic E-state index is 11.9. The first kappa shape index (κ1) is 13.4. The van der Waals surface area contributed by atoms with E-state index in [0.29, 0.717) is 12.2 Å². The highest BCUT2D eigenvalue weighted by molar-refractivity contribution is 5.99. The minimum absolute atomic E-state index is 0.00924. The summed E-state index contributed by atoms with van der Waals surface area (Å²) in [6, 6.07) is 7.72. The van der Waals surface area contributed by atoms with Crippen LogP contribution in [0.15, 0.2) is 30.0 Å². The fourth-order valence-corrected chi connectivity index (χ4v) is 1.92. The van der Waals surface area contributed by atoms with Crippen LogP contribution < -0.4 is 10.6 Å². The third-order valence-electron chi connectivity index (χ3n) is 3.16. The van der Waals surface area contributed by atoms with Crippen molar-refractivity contribution in [2.75, 3.05) is 25.5 Å². The Morgan fingerprint density at radius 1 is 1.42 bits per heavy atom. The van der Waals surface area contributed by atoms with Crippen molar-refractivity contribution in [3.63, 3.8) is 0 Å². The monoisotopic (exact) mass is 261 g/mol. The van der Waals surface area contributed by atoms with E-state index >= 15 is 0 Å². The third-order valence-corrected chi connectivity index (χ3v) is 3.16. The molecule has 5 heteroatoms. The minimum Gasteiger partial charge on any atom is -0.395 e. The van der Waals surface area contributed by atoms with Crippen LogP contribution in [0.5, 0.6) is 0 Å². The normalized spacial score (nSPS) is 20.8. The summed E-state index contributed by atoms with van der Waals surface area (Å²) in [7, 11) is 1.78. The number of carbonyl (C=O) groups is 1. The topological polar surface area (TPSA) is 64.6 Å². The lowest BCUT2D eigenvalue weighted by molar-refractivity contribution is -0.124. The molecule has 0 bridgehead atoms. The van der Waals surface area contributed by atoms with Gasteiger partial charge in [0.05, 0.1) is 12.8 Å². The van der Waals surface area contributed by atoms with Crippen molar-refractivity contribution in [3.05, 3.63) is 35.5 Å². The predicted molar refractivity (Wildman–Crippen MR) is 75.4 cm³/mol. The number of nitrogens with zero attached hydrogens (tertiary/aromatic N) is 1. The highest BCUT2D eigenvalue weighted by atomic mass is 16.3. The molecule has 1 aromatic carbocycles. The van der Waals surface area contributed by atoms with E-state index in [4.69, 9.17) is 5.11 Å². The number of aliphatic hydroxyl groups excluding tert-OH is 1. The van der Waals surface area contributed by atoms with Gasteiger partial charge in [-0.05, 0) is 30.7 Å². The van der Waals surface area contributed by atoms with E-state index in [1.165, 1.54) is 0 Å². The summed E-state index contributed by atoms with van der Waals surface area (Å²) in [6.07, 6.45) is 1.88. The lowest BCUT2D eigenvalue weighted by atomic mass is 10.1. The van der Waals surface area contributed by atoms with E-state index in [1.54, 1.807) is 11.9 Å². The van der Waals surface area contributed by atoms with Crippen LogP contribution in [-0.2, 0) is 4.79 Å². The number of hydrogen-bond donors (Lipinski definition) is 3. The Labute approximate surface area is 112 Å². The summed E-state index contributed by atoms with van der Waals surface area (Å²) in [5.74, 6) is 0.00924. The molecule has 0 spiro atoms. The zero-order valence-corrected chi connectivity index (χ0v) is 11.2. The van der Waals surface area contributed by atoms with Crippen molar-refractivity contribution >= 4 is 17.7 Å². The number of carbonyl (C=O) groups excluding carboxylic acids is 1. The van der Waals surface area contributed by atoms with Crippen LogP contribution in [0.3, 0.4) is 0 Å². The van der Waals surface area contributed by atoms with Gasteiger partial charge in [0, 0.05) is 19.3 Å². The smallest absolute Gasteiger partial charge is 0.271 e. The second kappa shape index (κ2) is 5.75. The van der Waals surface area contributed by atoms with Crippen molar-refractivity contribution in [1.29, 1.82) is 0 Å². The molecule has 5 nitrogen and oxygen atoms in total.